The summed E-state index contributed by atoms with van der Waals surface area (Å²) in [6, 6.07) is 1.95. The maximum Gasteiger partial charge on any atom is 0.0908 e. The molecule has 1 nitrogen and oxygen atoms in total. The van der Waals surface area contributed by atoms with E-state index in [2.05, 4.69) is 0 Å². The van der Waals surface area contributed by atoms with Gasteiger partial charge in [-0.3, -0.25) is 0 Å². The third kappa shape index (κ3) is 2.25. The van der Waals surface area contributed by atoms with Crippen molar-refractivity contribution in [3.63, 3.8) is 0 Å². The summed E-state index contributed by atoms with van der Waals surface area (Å²) in [5.41, 5.74) is 0. The lowest BCUT2D eigenvalue weighted by atomic mass is 10.0. The Balaban J connectivity index is 2.63. The number of nitrogens with zero attached hydrogens (tertiary/aromatic N) is 1. The highest BCUT2D eigenvalue weighted by atomic mass is 35.5. The third-order valence-corrected chi connectivity index (χ3v) is 1.95. The van der Waals surface area contributed by atoms with Gasteiger partial charge in [-0.05, 0) is 12.5 Å². The molecule has 2 heteroatoms. The van der Waals surface area contributed by atoms with Crippen molar-refractivity contribution in [3.05, 3.63) is 35.4 Å². The van der Waals surface area contributed by atoms with Gasteiger partial charge < -0.3 is 0 Å². The van der Waals surface area contributed by atoms with Crippen LogP contribution in [0.5, 0.6) is 0 Å². The van der Waals surface area contributed by atoms with Crippen LogP contribution in [-0.4, -0.2) is 0 Å². The number of hydrogen-bond donors (Lipinski definition) is 0. The van der Waals surface area contributed by atoms with Gasteiger partial charge in [-0.1, -0.05) is 29.8 Å². The fourth-order valence-electron chi connectivity index (χ4n) is 0.951. The van der Waals surface area contributed by atoms with Gasteiger partial charge in [0.05, 0.1) is 6.07 Å². The van der Waals surface area contributed by atoms with E-state index in [0.717, 1.165) is 11.5 Å². The van der Waals surface area contributed by atoms with Crippen molar-refractivity contribution in [2.45, 2.75) is 6.42 Å². The second-order valence-electron chi connectivity index (χ2n) is 2.31. The molecule has 0 spiro atoms. The van der Waals surface area contributed by atoms with Crippen LogP contribution in [0, 0.1) is 17.2 Å². The van der Waals surface area contributed by atoms with Crippen LogP contribution in [0.15, 0.2) is 35.4 Å². The van der Waals surface area contributed by atoms with Crippen molar-refractivity contribution in [1.29, 1.82) is 5.26 Å². The normalized spacial score (nSPS) is 23.3. The first-order chi connectivity index (χ1) is 5.34. The molecule has 0 heterocycles. The summed E-state index contributed by atoms with van der Waals surface area (Å²) in [5.74, 6) is 0.210. The number of nitriles is 1. The van der Waals surface area contributed by atoms with Gasteiger partial charge in [0.15, 0.2) is 0 Å². The number of allylic oxidation sites excluding steroid dienone is 6. The molecule has 11 heavy (non-hydrogen) atoms. The van der Waals surface area contributed by atoms with Gasteiger partial charge in [0.1, 0.15) is 0 Å². The molecule has 0 aromatic heterocycles. The predicted octanol–water partition coefficient (Wildman–Crippen LogP) is 2.76. The monoisotopic (exact) mass is 165 g/mol. The van der Waals surface area contributed by atoms with Crippen molar-refractivity contribution in [1.82, 2.24) is 0 Å². The van der Waals surface area contributed by atoms with E-state index in [-0.39, 0.29) is 5.92 Å². The second kappa shape index (κ2) is 4.00. The number of hydrogen-bond acceptors (Lipinski definition) is 1. The van der Waals surface area contributed by atoms with E-state index in [1.54, 1.807) is 0 Å². The predicted molar refractivity (Wildman–Crippen MR) is 45.9 cm³/mol. The smallest absolute Gasteiger partial charge is 0.0908 e. The van der Waals surface area contributed by atoms with Crippen LogP contribution in [0.3, 0.4) is 0 Å². The molecule has 0 saturated heterocycles. The maximum atomic E-state index is 8.27. The van der Waals surface area contributed by atoms with Crippen molar-refractivity contribution >= 4 is 11.6 Å². The van der Waals surface area contributed by atoms with Crippen LogP contribution in [0.4, 0.5) is 0 Å². The Hall–Kier alpha value is -1.00. The Morgan fingerprint density at radius 1 is 1.73 bits per heavy atom. The Morgan fingerprint density at radius 3 is 3.18 bits per heavy atom. The van der Waals surface area contributed by atoms with Gasteiger partial charge in [-0.2, -0.15) is 5.26 Å². The van der Waals surface area contributed by atoms with Crippen LogP contribution in [-0.2, 0) is 0 Å². The highest BCUT2D eigenvalue weighted by Gasteiger charge is 2.08. The molecule has 1 aliphatic rings. The summed E-state index contributed by atoms with van der Waals surface area (Å²) in [6.45, 7) is 0. The Morgan fingerprint density at radius 2 is 2.55 bits per heavy atom. The zero-order chi connectivity index (χ0) is 8.10. The highest BCUT2D eigenvalue weighted by molar-refractivity contribution is 6.30. The first kappa shape index (κ1) is 8.10. The Labute approximate surface area is 71.3 Å². The lowest BCUT2D eigenvalue weighted by Gasteiger charge is -2.10. The molecule has 0 aliphatic heterocycles. The molecular weight excluding hydrogens is 158 g/mol. The largest absolute Gasteiger partial charge is 0.193 e. The van der Waals surface area contributed by atoms with Crippen LogP contribution in [0.25, 0.3) is 0 Å². The second-order valence-corrected chi connectivity index (χ2v) is 2.75. The average molecular weight is 166 g/mol. The van der Waals surface area contributed by atoms with Crippen molar-refractivity contribution in [2.75, 3.05) is 0 Å². The molecule has 1 atom stereocenters. The van der Waals surface area contributed by atoms with E-state index in [4.69, 9.17) is 16.9 Å². The Kier molecular flexibility index (Phi) is 2.95. The van der Waals surface area contributed by atoms with E-state index in [0.29, 0.717) is 0 Å². The lowest BCUT2D eigenvalue weighted by molar-refractivity contribution is 0.805. The van der Waals surface area contributed by atoms with Gasteiger partial charge in [0.2, 0.25) is 0 Å². The van der Waals surface area contributed by atoms with Crippen LogP contribution in [0.2, 0.25) is 0 Å². The topological polar surface area (TPSA) is 23.8 Å². The summed E-state index contributed by atoms with van der Waals surface area (Å²) in [6.07, 6.45) is 10.0. The van der Waals surface area contributed by atoms with E-state index < -0.39 is 0 Å². The first-order valence-electron chi connectivity index (χ1n) is 3.43. The molecule has 0 aromatic carbocycles. The third-order valence-electron chi connectivity index (χ3n) is 1.54. The highest BCUT2D eigenvalue weighted by Crippen LogP contribution is 2.24. The van der Waals surface area contributed by atoms with E-state index in [1.165, 1.54) is 6.08 Å². The van der Waals surface area contributed by atoms with Gasteiger partial charge in [-0.25, -0.2) is 0 Å². The van der Waals surface area contributed by atoms with E-state index in [1.807, 2.05) is 30.4 Å². The minimum Gasteiger partial charge on any atom is -0.193 e. The van der Waals surface area contributed by atoms with E-state index >= 15 is 0 Å². The molecular formula is C9H8ClN. The summed E-state index contributed by atoms with van der Waals surface area (Å²) in [5, 5.41) is 9.07. The van der Waals surface area contributed by atoms with Gasteiger partial charge in [0.25, 0.3) is 0 Å². The number of rotatable bonds is 1. The maximum absolute atomic E-state index is 8.27. The molecule has 1 rings (SSSR count). The standard InChI is InChI=1S/C9H8ClN/c10-9-6-2-1-4-8(9)5-3-7-11/h1-3,5-6,8H,4H2. The molecule has 1 unspecified atom stereocenters. The fourth-order valence-corrected chi connectivity index (χ4v) is 1.19. The van der Waals surface area contributed by atoms with Crippen molar-refractivity contribution in [3.8, 4) is 6.07 Å². The molecule has 0 fully saturated rings. The quantitative estimate of drug-likeness (QED) is 0.548. The molecule has 1 aliphatic carbocycles. The summed E-state index contributed by atoms with van der Waals surface area (Å²) < 4.78 is 0. The first-order valence-corrected chi connectivity index (χ1v) is 3.81. The number of halogens is 1. The SMILES string of the molecule is N#CC=CC1CC=CC=C1Cl. The van der Waals surface area contributed by atoms with Crippen molar-refractivity contribution < 1.29 is 0 Å². The molecule has 0 amide bonds. The molecule has 0 bridgehead atoms. The molecule has 0 N–H and O–H groups in total. The van der Waals surface area contributed by atoms with Gasteiger partial charge >= 0.3 is 0 Å². The minimum absolute atomic E-state index is 0.210. The van der Waals surface area contributed by atoms with Crippen LogP contribution < -0.4 is 0 Å². The average Bonchev–Trinajstić information content (AvgIpc) is 2.03. The van der Waals surface area contributed by atoms with Gasteiger partial charge in [0, 0.05) is 17.0 Å². The summed E-state index contributed by atoms with van der Waals surface area (Å²) >= 11 is 5.87. The molecule has 0 radical (unpaired) electrons. The zero-order valence-electron chi connectivity index (χ0n) is 6.00. The summed E-state index contributed by atoms with van der Waals surface area (Å²) in [7, 11) is 0. The van der Waals surface area contributed by atoms with E-state index in [9.17, 15) is 0 Å². The molecule has 0 saturated carbocycles. The van der Waals surface area contributed by atoms with Crippen LogP contribution >= 0.6 is 11.6 Å². The van der Waals surface area contributed by atoms with Gasteiger partial charge in [-0.15, -0.1) is 0 Å². The molecule has 56 valence electrons. The molecule has 0 aromatic rings. The Bertz CT molecular complexity index is 255. The minimum atomic E-state index is 0.210. The fraction of sp³-hybridized carbons (Fsp3) is 0.222. The lowest BCUT2D eigenvalue weighted by Crippen LogP contribution is -1.97. The summed E-state index contributed by atoms with van der Waals surface area (Å²) in [4.78, 5) is 0. The van der Waals surface area contributed by atoms with Crippen LogP contribution in [0.1, 0.15) is 6.42 Å². The van der Waals surface area contributed by atoms with Crippen molar-refractivity contribution in [2.24, 2.45) is 5.92 Å². The zero-order valence-corrected chi connectivity index (χ0v) is 6.75.